The molecule has 2 aromatic heterocycles. The van der Waals surface area contributed by atoms with Crippen LogP contribution in [0.15, 0.2) is 58.5 Å². The number of hydrogen-bond donors (Lipinski definition) is 1. The van der Waals surface area contributed by atoms with E-state index >= 15 is 0 Å². The van der Waals surface area contributed by atoms with Crippen LogP contribution in [-0.2, 0) is 4.79 Å². The van der Waals surface area contributed by atoms with Gasteiger partial charge in [0.2, 0.25) is 11.7 Å². The minimum Gasteiger partial charge on any atom is -0.346 e. The third kappa shape index (κ3) is 4.58. The Morgan fingerprint density at radius 3 is 2.52 bits per heavy atom. The number of thioether (sulfide) groups is 1. The van der Waals surface area contributed by atoms with Gasteiger partial charge in [0.05, 0.1) is 22.3 Å². The Kier molecular flexibility index (Phi) is 6.15. The zero-order valence-corrected chi connectivity index (χ0v) is 18.6. The number of fused-ring (bicyclic) bond motifs is 3. The minimum atomic E-state index is -4.49. The number of alkyl halides is 3. The van der Waals surface area contributed by atoms with Gasteiger partial charge in [0.25, 0.3) is 5.56 Å². The normalized spacial score (nSPS) is 12.1. The van der Waals surface area contributed by atoms with Gasteiger partial charge in [-0.1, -0.05) is 55.9 Å². The molecule has 0 saturated carbocycles. The molecular weight excluding hydrogens is 455 g/mol. The molecule has 0 saturated heterocycles. The molecule has 1 amide bonds. The maximum atomic E-state index is 13.5. The summed E-state index contributed by atoms with van der Waals surface area (Å²) in [5.74, 6) is -0.678. The fourth-order valence-electron chi connectivity index (χ4n) is 3.55. The van der Waals surface area contributed by atoms with Crippen molar-refractivity contribution in [3.05, 3.63) is 64.4 Å². The first kappa shape index (κ1) is 22.8. The van der Waals surface area contributed by atoms with Gasteiger partial charge in [0.1, 0.15) is 6.54 Å². The smallest absolute Gasteiger partial charge is 0.346 e. The highest BCUT2D eigenvalue weighted by molar-refractivity contribution is 7.99. The number of amides is 1. The maximum Gasteiger partial charge on any atom is 0.405 e. The van der Waals surface area contributed by atoms with Crippen molar-refractivity contribution in [2.45, 2.75) is 31.1 Å². The van der Waals surface area contributed by atoms with Gasteiger partial charge in [-0.2, -0.15) is 13.2 Å². The first-order valence-electron chi connectivity index (χ1n) is 10.1. The van der Waals surface area contributed by atoms with Crippen LogP contribution in [0.5, 0.6) is 0 Å². The van der Waals surface area contributed by atoms with E-state index in [1.807, 2.05) is 43.4 Å². The molecule has 0 spiro atoms. The summed E-state index contributed by atoms with van der Waals surface area (Å²) >= 11 is 0.945. The molecule has 0 aliphatic heterocycles. The average molecular weight is 475 g/mol. The number of benzene rings is 2. The lowest BCUT2D eigenvalue weighted by molar-refractivity contribution is -0.136. The van der Waals surface area contributed by atoms with E-state index in [4.69, 9.17) is 0 Å². The van der Waals surface area contributed by atoms with Crippen molar-refractivity contribution in [1.29, 1.82) is 0 Å². The van der Waals surface area contributed by atoms with Crippen molar-refractivity contribution in [3.8, 4) is 5.69 Å². The first-order valence-corrected chi connectivity index (χ1v) is 11.1. The Labute approximate surface area is 190 Å². The number of rotatable bonds is 6. The van der Waals surface area contributed by atoms with Crippen LogP contribution < -0.4 is 10.9 Å². The van der Waals surface area contributed by atoms with Crippen LogP contribution in [0.4, 0.5) is 13.2 Å². The number of carbonyl (C=O) groups excluding carboxylic acids is 1. The molecule has 0 fully saturated rings. The van der Waals surface area contributed by atoms with Crippen LogP contribution in [0.3, 0.4) is 0 Å². The lowest BCUT2D eigenvalue weighted by Crippen LogP contribution is -2.34. The Morgan fingerprint density at radius 1 is 1.09 bits per heavy atom. The van der Waals surface area contributed by atoms with E-state index in [1.54, 1.807) is 28.7 Å². The molecule has 4 rings (SSSR count). The van der Waals surface area contributed by atoms with E-state index in [0.29, 0.717) is 21.7 Å². The summed E-state index contributed by atoms with van der Waals surface area (Å²) < 4.78 is 40.2. The van der Waals surface area contributed by atoms with Crippen molar-refractivity contribution in [2.24, 2.45) is 0 Å². The molecule has 7 nitrogen and oxygen atoms in total. The second-order valence-electron chi connectivity index (χ2n) is 7.67. The van der Waals surface area contributed by atoms with Crippen LogP contribution in [0, 0.1) is 0 Å². The van der Waals surface area contributed by atoms with Gasteiger partial charge in [-0.25, -0.2) is 4.57 Å². The molecule has 11 heteroatoms. The average Bonchev–Trinajstić information content (AvgIpc) is 3.20. The Hall–Kier alpha value is -3.34. The van der Waals surface area contributed by atoms with Gasteiger partial charge in [0.15, 0.2) is 5.16 Å². The van der Waals surface area contributed by atoms with Crippen molar-refractivity contribution < 1.29 is 18.0 Å². The third-order valence-electron chi connectivity index (χ3n) is 5.01. The fraction of sp³-hybridized carbons (Fsp3) is 0.273. The van der Waals surface area contributed by atoms with Crippen LogP contribution in [0.25, 0.3) is 22.4 Å². The number of aromatic nitrogens is 4. The molecule has 4 aromatic rings. The van der Waals surface area contributed by atoms with Gasteiger partial charge in [-0.05, 0) is 29.7 Å². The second kappa shape index (κ2) is 8.89. The number of para-hydroxylation sites is 2. The SMILES string of the molecule is CC(C)c1ccccc1-n1c(=O)c2ccccc2n2c(SCC(=O)NCC(F)(F)F)nnc12. The minimum absolute atomic E-state index is 0.133. The maximum absolute atomic E-state index is 13.5. The van der Waals surface area contributed by atoms with E-state index < -0.39 is 18.6 Å². The Balaban J connectivity index is 1.84. The number of carbonyl (C=O) groups is 1. The van der Waals surface area contributed by atoms with E-state index in [-0.39, 0.29) is 23.0 Å². The molecule has 2 aromatic carbocycles. The van der Waals surface area contributed by atoms with E-state index in [0.717, 1.165) is 17.3 Å². The van der Waals surface area contributed by atoms with Crippen molar-refractivity contribution in [2.75, 3.05) is 12.3 Å². The van der Waals surface area contributed by atoms with Gasteiger partial charge in [-0.15, -0.1) is 10.2 Å². The lowest BCUT2D eigenvalue weighted by atomic mass is 10.0. The molecule has 0 aliphatic rings. The highest BCUT2D eigenvalue weighted by Gasteiger charge is 2.28. The third-order valence-corrected chi connectivity index (χ3v) is 5.94. The largest absolute Gasteiger partial charge is 0.405 e. The predicted molar refractivity (Wildman–Crippen MR) is 120 cm³/mol. The Morgan fingerprint density at radius 2 is 1.79 bits per heavy atom. The molecule has 0 bridgehead atoms. The van der Waals surface area contributed by atoms with Gasteiger partial charge in [-0.3, -0.25) is 14.0 Å². The van der Waals surface area contributed by atoms with Gasteiger partial charge < -0.3 is 5.32 Å². The Bertz CT molecular complexity index is 1390. The molecule has 1 N–H and O–H groups in total. The van der Waals surface area contributed by atoms with Crippen LogP contribution >= 0.6 is 11.8 Å². The standard InChI is InChI=1S/C22H20F3N5O2S/c1-13(2)14-7-3-5-9-16(14)29-19(32)15-8-4-6-10-17(15)30-20(29)27-28-21(30)33-11-18(31)26-12-22(23,24)25/h3-10,13H,11-12H2,1-2H3,(H,26,31). The summed E-state index contributed by atoms with van der Waals surface area (Å²) in [5.41, 5.74) is 1.89. The van der Waals surface area contributed by atoms with Crippen LogP contribution in [0.1, 0.15) is 25.3 Å². The molecule has 2 heterocycles. The van der Waals surface area contributed by atoms with E-state index in [1.165, 1.54) is 4.57 Å². The van der Waals surface area contributed by atoms with Crippen LogP contribution in [-0.4, -0.2) is 43.5 Å². The molecule has 172 valence electrons. The molecule has 0 radical (unpaired) electrons. The monoisotopic (exact) mass is 475 g/mol. The predicted octanol–water partition coefficient (Wildman–Crippen LogP) is 3.93. The topological polar surface area (TPSA) is 81.3 Å². The van der Waals surface area contributed by atoms with Gasteiger partial charge in [0, 0.05) is 0 Å². The molecule has 0 atom stereocenters. The van der Waals surface area contributed by atoms with E-state index in [9.17, 15) is 22.8 Å². The zero-order valence-electron chi connectivity index (χ0n) is 17.8. The highest BCUT2D eigenvalue weighted by atomic mass is 32.2. The highest BCUT2D eigenvalue weighted by Crippen LogP contribution is 2.27. The number of halogens is 3. The summed E-state index contributed by atoms with van der Waals surface area (Å²) in [6.45, 7) is 2.64. The fourth-order valence-corrected chi connectivity index (χ4v) is 4.32. The van der Waals surface area contributed by atoms with Crippen LogP contribution in [0.2, 0.25) is 0 Å². The summed E-state index contributed by atoms with van der Waals surface area (Å²) in [5, 5.41) is 10.9. The second-order valence-corrected chi connectivity index (χ2v) is 8.61. The molecule has 0 aliphatic carbocycles. The summed E-state index contributed by atoms with van der Waals surface area (Å²) in [6, 6.07) is 14.4. The van der Waals surface area contributed by atoms with Crippen molar-refractivity contribution in [1.82, 2.24) is 24.5 Å². The summed E-state index contributed by atoms with van der Waals surface area (Å²) in [7, 11) is 0. The number of hydrogen-bond acceptors (Lipinski definition) is 5. The molecule has 33 heavy (non-hydrogen) atoms. The number of nitrogens with zero attached hydrogens (tertiary/aromatic N) is 4. The van der Waals surface area contributed by atoms with Gasteiger partial charge >= 0.3 is 6.18 Å². The van der Waals surface area contributed by atoms with E-state index in [2.05, 4.69) is 10.2 Å². The molecule has 0 unspecified atom stereocenters. The quantitative estimate of drug-likeness (QED) is 0.428. The zero-order chi connectivity index (χ0) is 23.8. The molecular formula is C22H20F3N5O2S. The number of nitrogens with one attached hydrogen (secondary N) is 1. The van der Waals surface area contributed by atoms with Crippen molar-refractivity contribution >= 4 is 34.3 Å². The summed E-state index contributed by atoms with van der Waals surface area (Å²) in [6.07, 6.45) is -4.49. The van der Waals surface area contributed by atoms with Crippen molar-refractivity contribution in [3.63, 3.8) is 0 Å². The lowest BCUT2D eigenvalue weighted by Gasteiger charge is -2.16. The first-order chi connectivity index (χ1) is 15.7. The summed E-state index contributed by atoms with van der Waals surface area (Å²) in [4.78, 5) is 25.4.